The van der Waals surface area contributed by atoms with E-state index in [1.54, 1.807) is 4.68 Å². The van der Waals surface area contributed by atoms with Crippen molar-refractivity contribution in [2.45, 2.75) is 39.7 Å². The Hall–Kier alpha value is -0.830. The molecule has 0 radical (unpaired) electrons. The molecule has 0 bridgehead atoms. The molecule has 1 aromatic heterocycles. The molecule has 0 unspecified atom stereocenters. The summed E-state index contributed by atoms with van der Waals surface area (Å²) in [5.74, 6) is 0.0729. The molecule has 0 aromatic carbocycles. The van der Waals surface area contributed by atoms with Crippen molar-refractivity contribution in [2.75, 3.05) is 0 Å². The summed E-state index contributed by atoms with van der Waals surface area (Å²) in [6, 6.07) is 0.165. The predicted molar refractivity (Wildman–Crippen MR) is 56.9 cm³/mol. The topological polar surface area (TPSA) is 34.9 Å². The quantitative estimate of drug-likeness (QED) is 0.722. The number of halogens is 1. The van der Waals surface area contributed by atoms with Crippen LogP contribution in [0.25, 0.3) is 0 Å². The summed E-state index contributed by atoms with van der Waals surface area (Å²) in [6.45, 7) is 5.93. The van der Waals surface area contributed by atoms with Crippen LogP contribution in [0.2, 0.25) is 5.02 Å². The summed E-state index contributed by atoms with van der Waals surface area (Å²) < 4.78 is 1.68. The van der Waals surface area contributed by atoms with Crippen molar-refractivity contribution in [3.05, 3.63) is 16.9 Å². The van der Waals surface area contributed by atoms with E-state index in [1.807, 2.05) is 20.8 Å². The molecule has 0 N–H and O–H groups in total. The van der Waals surface area contributed by atoms with E-state index >= 15 is 0 Å². The molecule has 0 fully saturated rings. The monoisotopic (exact) mass is 214 g/mol. The fourth-order valence-electron chi connectivity index (χ4n) is 1.34. The van der Waals surface area contributed by atoms with Crippen molar-refractivity contribution in [3.8, 4) is 0 Å². The van der Waals surface area contributed by atoms with Crippen molar-refractivity contribution in [1.29, 1.82) is 0 Å². The molecule has 0 amide bonds. The Balaban J connectivity index is 3.04. The standard InChI is InChI=1S/C10H15ClN2O/c1-4-5-9(14)10-8(11)6-12-13(10)7(2)3/h6-7H,4-5H2,1-3H3. The molecule has 1 aromatic rings. The molecule has 4 heteroatoms. The van der Waals surface area contributed by atoms with Crippen LogP contribution in [-0.4, -0.2) is 15.6 Å². The highest BCUT2D eigenvalue weighted by Crippen LogP contribution is 2.20. The Morgan fingerprint density at radius 1 is 1.64 bits per heavy atom. The number of Topliss-reactive ketones (excluding diaryl/α,β-unsaturated/α-hetero) is 1. The maximum atomic E-state index is 11.7. The van der Waals surface area contributed by atoms with Gasteiger partial charge < -0.3 is 0 Å². The molecule has 0 aliphatic heterocycles. The van der Waals surface area contributed by atoms with Crippen LogP contribution in [0.15, 0.2) is 6.20 Å². The molecule has 0 spiro atoms. The number of carbonyl (C=O) groups is 1. The first-order valence-corrected chi connectivity index (χ1v) is 5.22. The zero-order chi connectivity index (χ0) is 10.7. The number of carbonyl (C=O) groups excluding carboxylic acids is 1. The molecule has 0 saturated heterocycles. The number of hydrogen-bond donors (Lipinski definition) is 0. The lowest BCUT2D eigenvalue weighted by atomic mass is 10.2. The minimum atomic E-state index is 0.0729. The van der Waals surface area contributed by atoms with E-state index in [-0.39, 0.29) is 11.8 Å². The van der Waals surface area contributed by atoms with Crippen LogP contribution >= 0.6 is 11.6 Å². The van der Waals surface area contributed by atoms with Crippen molar-refractivity contribution in [2.24, 2.45) is 0 Å². The first-order chi connectivity index (χ1) is 6.57. The Morgan fingerprint density at radius 3 is 2.79 bits per heavy atom. The van der Waals surface area contributed by atoms with Crippen molar-refractivity contribution < 1.29 is 4.79 Å². The second kappa shape index (κ2) is 4.60. The van der Waals surface area contributed by atoms with Gasteiger partial charge in [0.05, 0.1) is 11.2 Å². The molecule has 0 aliphatic rings. The van der Waals surface area contributed by atoms with Crippen LogP contribution in [0.1, 0.15) is 50.1 Å². The van der Waals surface area contributed by atoms with Crippen molar-refractivity contribution in [3.63, 3.8) is 0 Å². The predicted octanol–water partition coefficient (Wildman–Crippen LogP) is 3.10. The second-order valence-electron chi connectivity index (χ2n) is 3.55. The van der Waals surface area contributed by atoms with Gasteiger partial charge in [-0.2, -0.15) is 5.10 Å². The maximum absolute atomic E-state index is 11.7. The van der Waals surface area contributed by atoms with E-state index in [2.05, 4.69) is 5.10 Å². The van der Waals surface area contributed by atoms with E-state index in [1.165, 1.54) is 6.20 Å². The molecule has 3 nitrogen and oxygen atoms in total. The molecule has 0 aliphatic carbocycles. The van der Waals surface area contributed by atoms with E-state index in [0.29, 0.717) is 17.1 Å². The van der Waals surface area contributed by atoms with E-state index in [4.69, 9.17) is 11.6 Å². The number of nitrogens with zero attached hydrogens (tertiary/aromatic N) is 2. The zero-order valence-electron chi connectivity index (χ0n) is 8.75. The van der Waals surface area contributed by atoms with Gasteiger partial charge >= 0.3 is 0 Å². The van der Waals surface area contributed by atoms with Crippen LogP contribution in [0.4, 0.5) is 0 Å². The first kappa shape index (κ1) is 11.2. The van der Waals surface area contributed by atoms with E-state index in [0.717, 1.165) is 6.42 Å². The van der Waals surface area contributed by atoms with Gasteiger partial charge in [-0.3, -0.25) is 9.48 Å². The lowest BCUT2D eigenvalue weighted by Gasteiger charge is -2.09. The normalized spacial score (nSPS) is 10.9. The number of hydrogen-bond acceptors (Lipinski definition) is 2. The van der Waals surface area contributed by atoms with Gasteiger partial charge in [0.15, 0.2) is 5.78 Å². The Kier molecular flexibility index (Phi) is 3.69. The average Bonchev–Trinajstić information content (AvgIpc) is 2.47. The molecular weight excluding hydrogens is 200 g/mol. The third kappa shape index (κ3) is 2.15. The van der Waals surface area contributed by atoms with E-state index < -0.39 is 0 Å². The average molecular weight is 215 g/mol. The summed E-state index contributed by atoms with van der Waals surface area (Å²) in [5.41, 5.74) is 0.545. The summed E-state index contributed by atoms with van der Waals surface area (Å²) in [5, 5.41) is 4.54. The Labute approximate surface area is 89.1 Å². The van der Waals surface area contributed by atoms with Crippen molar-refractivity contribution >= 4 is 17.4 Å². The van der Waals surface area contributed by atoms with Gasteiger partial charge in [-0.05, 0) is 20.3 Å². The fraction of sp³-hybridized carbons (Fsp3) is 0.600. The summed E-state index contributed by atoms with van der Waals surface area (Å²) >= 11 is 5.92. The molecule has 78 valence electrons. The summed E-state index contributed by atoms with van der Waals surface area (Å²) in [6.07, 6.45) is 2.89. The third-order valence-electron chi connectivity index (χ3n) is 1.98. The van der Waals surface area contributed by atoms with Gasteiger partial charge in [0.25, 0.3) is 0 Å². The summed E-state index contributed by atoms with van der Waals surface area (Å²) in [7, 11) is 0. The van der Waals surface area contributed by atoms with Gasteiger partial charge in [0.2, 0.25) is 0 Å². The van der Waals surface area contributed by atoms with Crippen LogP contribution in [0.5, 0.6) is 0 Å². The molecule has 0 saturated carbocycles. The minimum Gasteiger partial charge on any atom is -0.292 e. The van der Waals surface area contributed by atoms with Gasteiger partial charge in [-0.15, -0.1) is 0 Å². The highest BCUT2D eigenvalue weighted by Gasteiger charge is 2.17. The van der Waals surface area contributed by atoms with Gasteiger partial charge in [0.1, 0.15) is 5.69 Å². The van der Waals surface area contributed by atoms with Crippen LogP contribution in [-0.2, 0) is 0 Å². The molecular formula is C10H15ClN2O. The second-order valence-corrected chi connectivity index (χ2v) is 3.96. The molecule has 1 heterocycles. The lowest BCUT2D eigenvalue weighted by molar-refractivity contribution is 0.0969. The number of rotatable bonds is 4. The Bertz CT molecular complexity index is 331. The molecule has 1 rings (SSSR count). The number of aromatic nitrogens is 2. The highest BCUT2D eigenvalue weighted by molar-refractivity contribution is 6.33. The molecule has 0 atom stereocenters. The maximum Gasteiger partial charge on any atom is 0.182 e. The number of ketones is 1. The van der Waals surface area contributed by atoms with Crippen LogP contribution in [0.3, 0.4) is 0 Å². The first-order valence-electron chi connectivity index (χ1n) is 4.84. The fourth-order valence-corrected chi connectivity index (χ4v) is 1.57. The highest BCUT2D eigenvalue weighted by atomic mass is 35.5. The van der Waals surface area contributed by atoms with E-state index in [9.17, 15) is 4.79 Å². The Morgan fingerprint density at radius 2 is 2.29 bits per heavy atom. The zero-order valence-corrected chi connectivity index (χ0v) is 9.51. The van der Waals surface area contributed by atoms with Gasteiger partial charge in [-0.25, -0.2) is 0 Å². The van der Waals surface area contributed by atoms with Crippen LogP contribution in [0, 0.1) is 0 Å². The minimum absolute atomic E-state index is 0.0729. The lowest BCUT2D eigenvalue weighted by Crippen LogP contribution is -2.12. The van der Waals surface area contributed by atoms with Gasteiger partial charge in [-0.1, -0.05) is 18.5 Å². The largest absolute Gasteiger partial charge is 0.292 e. The van der Waals surface area contributed by atoms with Gasteiger partial charge in [0, 0.05) is 12.5 Å². The van der Waals surface area contributed by atoms with Crippen LogP contribution < -0.4 is 0 Å². The third-order valence-corrected chi connectivity index (χ3v) is 2.26. The smallest absolute Gasteiger partial charge is 0.182 e. The summed E-state index contributed by atoms with van der Waals surface area (Å²) in [4.78, 5) is 11.7. The SMILES string of the molecule is CCCC(=O)c1c(Cl)cnn1C(C)C. The molecule has 14 heavy (non-hydrogen) atoms. The van der Waals surface area contributed by atoms with Crippen molar-refractivity contribution in [1.82, 2.24) is 9.78 Å².